The molecule has 0 aliphatic rings. The number of nitrogens with one attached hydrogen (secondary N) is 1. The number of carbonyl (C=O) groups is 2. The highest BCUT2D eigenvalue weighted by molar-refractivity contribution is 6.42. The summed E-state index contributed by atoms with van der Waals surface area (Å²) in [5.74, 6) is -0.259. The maximum absolute atomic E-state index is 13.2. The Labute approximate surface area is 202 Å². The first-order valence-electron chi connectivity index (χ1n) is 11.0. The zero-order valence-corrected chi connectivity index (χ0v) is 21.3. The second-order valence-corrected chi connectivity index (χ2v) is 10.4. The van der Waals surface area contributed by atoms with Crippen molar-refractivity contribution in [3.05, 3.63) is 69.2 Å². The highest BCUT2D eigenvalue weighted by Crippen LogP contribution is 2.25. The number of hydrogen-bond acceptors (Lipinski definition) is 2. The van der Waals surface area contributed by atoms with Crippen molar-refractivity contribution >= 4 is 35.0 Å². The van der Waals surface area contributed by atoms with Gasteiger partial charge >= 0.3 is 0 Å². The van der Waals surface area contributed by atoms with Gasteiger partial charge in [-0.1, -0.05) is 74.3 Å². The Morgan fingerprint density at radius 3 is 2.06 bits per heavy atom. The zero-order chi connectivity index (χ0) is 24.1. The summed E-state index contributed by atoms with van der Waals surface area (Å²) >= 11 is 12.2. The molecule has 0 aliphatic heterocycles. The molecule has 0 aromatic heterocycles. The molecular formula is C26H34Cl2N2O2. The van der Waals surface area contributed by atoms with Gasteiger partial charge < -0.3 is 10.2 Å². The predicted molar refractivity (Wildman–Crippen MR) is 133 cm³/mol. The average molecular weight is 477 g/mol. The summed E-state index contributed by atoms with van der Waals surface area (Å²) in [7, 11) is 0. The topological polar surface area (TPSA) is 49.4 Å². The van der Waals surface area contributed by atoms with E-state index < -0.39 is 6.04 Å². The number of aryl methyl sites for hydroxylation is 1. The number of rotatable bonds is 8. The molecule has 2 amide bonds. The van der Waals surface area contributed by atoms with E-state index in [0.29, 0.717) is 22.9 Å². The summed E-state index contributed by atoms with van der Waals surface area (Å²) in [6.07, 6.45) is 0.926. The van der Waals surface area contributed by atoms with Crippen molar-refractivity contribution in [2.75, 3.05) is 0 Å². The number of nitrogens with zero attached hydrogens (tertiary/aromatic N) is 1. The molecule has 2 rings (SSSR count). The molecule has 0 unspecified atom stereocenters. The number of benzene rings is 2. The van der Waals surface area contributed by atoms with Crippen molar-refractivity contribution in [1.29, 1.82) is 0 Å². The van der Waals surface area contributed by atoms with Crippen molar-refractivity contribution < 1.29 is 9.59 Å². The smallest absolute Gasteiger partial charge is 0.242 e. The number of hydrogen-bond donors (Lipinski definition) is 1. The van der Waals surface area contributed by atoms with Crippen molar-refractivity contribution in [2.45, 2.75) is 78.4 Å². The van der Waals surface area contributed by atoms with Gasteiger partial charge in [0.1, 0.15) is 6.04 Å². The molecule has 0 fully saturated rings. The summed E-state index contributed by atoms with van der Waals surface area (Å²) in [5.41, 5.74) is 3.27. The molecule has 0 saturated carbocycles. The van der Waals surface area contributed by atoms with Crippen molar-refractivity contribution in [3.8, 4) is 0 Å². The van der Waals surface area contributed by atoms with Gasteiger partial charge in [0.15, 0.2) is 0 Å². The van der Waals surface area contributed by atoms with Gasteiger partial charge in [-0.05, 0) is 61.4 Å². The van der Waals surface area contributed by atoms with Crippen molar-refractivity contribution in [2.24, 2.45) is 0 Å². The second kappa shape index (κ2) is 11.2. The highest BCUT2D eigenvalue weighted by Gasteiger charge is 2.26. The minimum atomic E-state index is -0.609. The summed E-state index contributed by atoms with van der Waals surface area (Å²) in [6.45, 7) is 12.4. The summed E-state index contributed by atoms with van der Waals surface area (Å²) in [6, 6.07) is 13.0. The fourth-order valence-corrected chi connectivity index (χ4v) is 3.71. The molecular weight excluding hydrogens is 443 g/mol. The molecule has 0 radical (unpaired) electrons. The van der Waals surface area contributed by atoms with Gasteiger partial charge in [-0.15, -0.1) is 0 Å². The molecule has 0 aliphatic carbocycles. The fraction of sp³-hybridized carbons (Fsp3) is 0.462. The maximum Gasteiger partial charge on any atom is 0.242 e. The van der Waals surface area contributed by atoms with Crippen LogP contribution in [0.3, 0.4) is 0 Å². The van der Waals surface area contributed by atoms with E-state index in [2.05, 4.69) is 50.4 Å². The summed E-state index contributed by atoms with van der Waals surface area (Å²) in [5, 5.41) is 3.78. The average Bonchev–Trinajstić information content (AvgIpc) is 2.71. The van der Waals surface area contributed by atoms with E-state index in [1.54, 1.807) is 24.0 Å². The maximum atomic E-state index is 13.2. The second-order valence-electron chi connectivity index (χ2n) is 9.56. The molecule has 2 aromatic carbocycles. The van der Waals surface area contributed by atoms with Crippen LogP contribution in [0.4, 0.5) is 0 Å². The third kappa shape index (κ3) is 7.53. The summed E-state index contributed by atoms with van der Waals surface area (Å²) in [4.78, 5) is 27.5. The van der Waals surface area contributed by atoms with Crippen LogP contribution < -0.4 is 5.32 Å². The molecule has 2 aromatic rings. The molecule has 32 heavy (non-hydrogen) atoms. The Morgan fingerprint density at radius 1 is 0.938 bits per heavy atom. The Kier molecular flexibility index (Phi) is 9.18. The number of amides is 2. The molecule has 1 N–H and O–H groups in total. The zero-order valence-electron chi connectivity index (χ0n) is 19.8. The monoisotopic (exact) mass is 476 g/mol. The number of carbonyl (C=O) groups excluding carboxylic acids is 2. The van der Waals surface area contributed by atoms with Gasteiger partial charge in [0, 0.05) is 19.0 Å². The summed E-state index contributed by atoms with van der Waals surface area (Å²) < 4.78 is 0. The molecule has 0 heterocycles. The van der Waals surface area contributed by atoms with Crippen LogP contribution in [-0.4, -0.2) is 28.8 Å². The number of halogens is 2. The predicted octanol–water partition coefficient (Wildman–Crippen LogP) is 6.17. The first-order chi connectivity index (χ1) is 14.9. The van der Waals surface area contributed by atoms with Crippen LogP contribution in [0, 0.1) is 0 Å². The molecule has 1 atom stereocenters. The molecule has 6 heteroatoms. The van der Waals surface area contributed by atoms with Gasteiger partial charge in [-0.25, -0.2) is 0 Å². The Morgan fingerprint density at radius 2 is 1.53 bits per heavy atom. The molecule has 0 saturated heterocycles. The van der Waals surface area contributed by atoms with Crippen LogP contribution in [0.2, 0.25) is 10.0 Å². The van der Waals surface area contributed by atoms with Crippen LogP contribution in [0.15, 0.2) is 42.5 Å². The largest absolute Gasteiger partial charge is 0.352 e. The quantitative estimate of drug-likeness (QED) is 0.495. The Bertz CT molecular complexity index is 934. The lowest BCUT2D eigenvalue weighted by Crippen LogP contribution is -2.49. The third-order valence-corrected chi connectivity index (χ3v) is 6.12. The lowest BCUT2D eigenvalue weighted by Gasteiger charge is -2.29. The highest BCUT2D eigenvalue weighted by atomic mass is 35.5. The normalized spacial score (nSPS) is 12.5. The Hall–Kier alpha value is -2.04. The van der Waals surface area contributed by atoms with Crippen molar-refractivity contribution in [1.82, 2.24) is 10.2 Å². The lowest BCUT2D eigenvalue weighted by molar-refractivity contribution is -0.140. The van der Waals surface area contributed by atoms with Gasteiger partial charge in [-0.2, -0.15) is 0 Å². The molecule has 4 nitrogen and oxygen atoms in total. The van der Waals surface area contributed by atoms with E-state index >= 15 is 0 Å². The van der Waals surface area contributed by atoms with Gasteiger partial charge in [0.05, 0.1) is 10.0 Å². The first-order valence-corrected chi connectivity index (χ1v) is 11.8. The SMILES string of the molecule is CC(C)NC(=O)[C@@H](C)N(Cc1ccc(Cl)c(Cl)c1)C(=O)CCc1ccc(C(C)(C)C)cc1. The van der Waals surface area contributed by atoms with E-state index in [4.69, 9.17) is 23.2 Å². The van der Waals surface area contributed by atoms with Crippen molar-refractivity contribution in [3.63, 3.8) is 0 Å². The Balaban J connectivity index is 2.16. The van der Waals surface area contributed by atoms with E-state index in [9.17, 15) is 9.59 Å². The molecule has 0 spiro atoms. The standard InChI is InChI=1S/C26H34Cl2N2O2/c1-17(2)29-25(32)18(3)30(16-20-9-13-22(27)23(28)15-20)24(31)14-10-19-7-11-21(12-8-19)26(4,5)6/h7-9,11-13,15,17-18H,10,14,16H2,1-6H3,(H,29,32)/t18-/m1/s1. The van der Waals surface area contributed by atoms with Crippen LogP contribution in [0.5, 0.6) is 0 Å². The third-order valence-electron chi connectivity index (χ3n) is 5.38. The van der Waals surface area contributed by atoms with Crippen LogP contribution in [0.1, 0.15) is 64.7 Å². The molecule has 174 valence electrons. The van der Waals surface area contributed by atoms with Gasteiger partial charge in [0.2, 0.25) is 11.8 Å². The lowest BCUT2D eigenvalue weighted by atomic mass is 9.86. The van der Waals surface area contributed by atoms with E-state index in [1.165, 1.54) is 5.56 Å². The fourth-order valence-electron chi connectivity index (χ4n) is 3.39. The van der Waals surface area contributed by atoms with E-state index in [-0.39, 0.29) is 29.8 Å². The van der Waals surface area contributed by atoms with E-state index in [1.807, 2.05) is 19.9 Å². The first kappa shape index (κ1) is 26.2. The van der Waals surface area contributed by atoms with E-state index in [0.717, 1.165) is 11.1 Å². The van der Waals surface area contributed by atoms with Crippen LogP contribution in [0.25, 0.3) is 0 Å². The molecule has 0 bridgehead atoms. The minimum absolute atomic E-state index is 0.00629. The van der Waals surface area contributed by atoms with Gasteiger partial charge in [-0.3, -0.25) is 9.59 Å². The van der Waals surface area contributed by atoms with Crippen LogP contribution >= 0.6 is 23.2 Å². The minimum Gasteiger partial charge on any atom is -0.352 e. The van der Waals surface area contributed by atoms with Gasteiger partial charge in [0.25, 0.3) is 0 Å². The van der Waals surface area contributed by atoms with Crippen LogP contribution in [-0.2, 0) is 28.0 Å².